The van der Waals surface area contributed by atoms with Crippen LogP contribution in [-0.4, -0.2) is 28.5 Å². The van der Waals surface area contributed by atoms with Gasteiger partial charge in [0.05, 0.1) is 6.20 Å². The van der Waals surface area contributed by atoms with Gasteiger partial charge in [-0.3, -0.25) is 4.79 Å². The molecule has 1 rings (SSSR count). The van der Waals surface area contributed by atoms with Crippen molar-refractivity contribution in [1.82, 2.24) is 15.3 Å². The van der Waals surface area contributed by atoms with E-state index < -0.39 is 0 Å². The molecule has 18 heavy (non-hydrogen) atoms. The fourth-order valence-electron chi connectivity index (χ4n) is 1.26. The lowest BCUT2D eigenvalue weighted by Gasteiger charge is -2.08. The number of nitrogens with one attached hydrogen (secondary N) is 2. The van der Waals surface area contributed by atoms with Crippen molar-refractivity contribution in [3.05, 3.63) is 15.4 Å². The topological polar surface area (TPSA) is 66.9 Å². The molecule has 0 atom stereocenters. The number of carbonyl (C=O) groups is 1. The van der Waals surface area contributed by atoms with E-state index in [1.807, 2.05) is 0 Å². The van der Waals surface area contributed by atoms with Gasteiger partial charge < -0.3 is 10.6 Å². The summed E-state index contributed by atoms with van der Waals surface area (Å²) in [6.45, 7) is 4.99. The first-order chi connectivity index (χ1) is 8.49. The first-order valence-corrected chi connectivity index (χ1v) is 7.29. The highest BCUT2D eigenvalue weighted by Gasteiger charge is 2.08. The van der Waals surface area contributed by atoms with E-state index in [0.29, 0.717) is 27.5 Å². The van der Waals surface area contributed by atoms with Gasteiger partial charge in [0, 0.05) is 12.5 Å². The van der Waals surface area contributed by atoms with Crippen molar-refractivity contribution >= 4 is 43.6 Å². The summed E-state index contributed by atoms with van der Waals surface area (Å²) in [6, 6.07) is 0.444. The fourth-order valence-corrected chi connectivity index (χ4v) is 2.17. The molecule has 0 bridgehead atoms. The maximum Gasteiger partial charge on any atom is 0.225 e. The molecule has 100 valence electrons. The summed E-state index contributed by atoms with van der Waals surface area (Å²) >= 11 is 6.45. The van der Waals surface area contributed by atoms with Crippen molar-refractivity contribution in [2.45, 2.75) is 32.7 Å². The van der Waals surface area contributed by atoms with Crippen LogP contribution in [0.3, 0.4) is 0 Å². The van der Waals surface area contributed by atoms with E-state index in [4.69, 9.17) is 0 Å². The van der Waals surface area contributed by atoms with Gasteiger partial charge in [0.15, 0.2) is 5.82 Å². The van der Waals surface area contributed by atoms with E-state index >= 15 is 0 Å². The monoisotopic (exact) mass is 378 g/mol. The van der Waals surface area contributed by atoms with Crippen molar-refractivity contribution in [1.29, 1.82) is 0 Å². The number of amides is 1. The van der Waals surface area contributed by atoms with Gasteiger partial charge in [-0.25, -0.2) is 9.97 Å². The third kappa shape index (κ3) is 5.88. The second kappa shape index (κ2) is 7.81. The third-order valence-corrected chi connectivity index (χ3v) is 3.03. The Balaban J connectivity index is 2.35. The molecule has 0 saturated heterocycles. The van der Waals surface area contributed by atoms with Crippen LogP contribution in [0.15, 0.2) is 15.4 Å². The quantitative estimate of drug-likeness (QED) is 0.745. The Kier molecular flexibility index (Phi) is 6.73. The predicted octanol–water partition coefficient (Wildman–Crippen LogP) is 2.72. The summed E-state index contributed by atoms with van der Waals surface area (Å²) in [5.41, 5.74) is 0. The van der Waals surface area contributed by atoms with E-state index in [0.717, 1.165) is 13.0 Å². The Morgan fingerprint density at radius 2 is 2.17 bits per heavy atom. The minimum atomic E-state index is -0.0575. The lowest BCUT2D eigenvalue weighted by atomic mass is 10.2. The SMILES string of the molecule is CC(C)NCCCC(=O)Nc1ncc(Br)nc1Br. The summed E-state index contributed by atoms with van der Waals surface area (Å²) in [5, 5.41) is 5.98. The molecular weight excluding hydrogens is 364 g/mol. The summed E-state index contributed by atoms with van der Waals surface area (Å²) in [7, 11) is 0. The van der Waals surface area contributed by atoms with E-state index in [1.54, 1.807) is 6.20 Å². The van der Waals surface area contributed by atoms with Crippen molar-refractivity contribution < 1.29 is 4.79 Å². The Hall–Kier alpha value is -0.530. The number of aromatic nitrogens is 2. The smallest absolute Gasteiger partial charge is 0.225 e. The summed E-state index contributed by atoms with van der Waals surface area (Å²) in [5.74, 6) is 0.387. The Labute approximate surface area is 123 Å². The number of halogens is 2. The molecule has 2 N–H and O–H groups in total. The van der Waals surface area contributed by atoms with Crippen molar-refractivity contribution in [2.75, 3.05) is 11.9 Å². The average molecular weight is 380 g/mol. The minimum absolute atomic E-state index is 0.0575. The van der Waals surface area contributed by atoms with Crippen LogP contribution in [-0.2, 0) is 4.79 Å². The zero-order chi connectivity index (χ0) is 13.5. The second-order valence-corrected chi connectivity index (χ2v) is 5.66. The number of carbonyl (C=O) groups excluding carboxylic acids is 1. The lowest BCUT2D eigenvalue weighted by molar-refractivity contribution is -0.116. The Morgan fingerprint density at radius 3 is 2.78 bits per heavy atom. The number of hydrogen-bond acceptors (Lipinski definition) is 4. The van der Waals surface area contributed by atoms with Crippen LogP contribution in [0, 0.1) is 0 Å². The van der Waals surface area contributed by atoms with E-state index in [-0.39, 0.29) is 5.91 Å². The Morgan fingerprint density at radius 1 is 1.44 bits per heavy atom. The molecule has 0 aliphatic heterocycles. The van der Waals surface area contributed by atoms with Gasteiger partial charge in [0.1, 0.15) is 9.21 Å². The normalized spacial score (nSPS) is 10.7. The highest BCUT2D eigenvalue weighted by Crippen LogP contribution is 2.19. The number of hydrogen-bond donors (Lipinski definition) is 2. The van der Waals surface area contributed by atoms with Crippen LogP contribution in [0.1, 0.15) is 26.7 Å². The molecule has 0 fully saturated rings. The molecule has 0 radical (unpaired) electrons. The molecule has 5 nitrogen and oxygen atoms in total. The molecule has 7 heteroatoms. The molecule has 0 aliphatic carbocycles. The maximum absolute atomic E-state index is 11.7. The summed E-state index contributed by atoms with van der Waals surface area (Å²) < 4.78 is 1.14. The molecule has 0 aliphatic rings. The average Bonchev–Trinajstić information content (AvgIpc) is 2.28. The van der Waals surface area contributed by atoms with Gasteiger partial charge >= 0.3 is 0 Å². The van der Waals surface area contributed by atoms with Crippen molar-refractivity contribution in [3.63, 3.8) is 0 Å². The molecular formula is C11H16Br2N4O. The van der Waals surface area contributed by atoms with Gasteiger partial charge in [-0.15, -0.1) is 0 Å². The van der Waals surface area contributed by atoms with Crippen LogP contribution in [0.2, 0.25) is 0 Å². The standard InChI is InChI=1S/C11H16Br2N4O/c1-7(2)14-5-3-4-9(18)17-11-10(13)16-8(12)6-15-11/h6-7,14H,3-5H2,1-2H3,(H,15,17,18). The van der Waals surface area contributed by atoms with E-state index in [9.17, 15) is 4.79 Å². The molecule has 1 amide bonds. The minimum Gasteiger partial charge on any atom is -0.315 e. The van der Waals surface area contributed by atoms with Gasteiger partial charge in [-0.2, -0.15) is 0 Å². The van der Waals surface area contributed by atoms with E-state index in [1.165, 1.54) is 0 Å². The Bertz CT molecular complexity index is 412. The summed E-state index contributed by atoms with van der Waals surface area (Å²) in [6.07, 6.45) is 2.80. The van der Waals surface area contributed by atoms with Gasteiger partial charge in [-0.05, 0) is 44.8 Å². The second-order valence-electron chi connectivity index (χ2n) is 4.09. The van der Waals surface area contributed by atoms with Crippen LogP contribution in [0.25, 0.3) is 0 Å². The molecule has 1 aromatic rings. The highest BCUT2D eigenvalue weighted by atomic mass is 79.9. The fraction of sp³-hybridized carbons (Fsp3) is 0.545. The maximum atomic E-state index is 11.7. The molecule has 1 aromatic heterocycles. The number of anilines is 1. The van der Waals surface area contributed by atoms with Crippen molar-refractivity contribution in [2.24, 2.45) is 0 Å². The molecule has 0 spiro atoms. The van der Waals surface area contributed by atoms with Gasteiger partial charge in [0.25, 0.3) is 0 Å². The lowest BCUT2D eigenvalue weighted by Crippen LogP contribution is -2.24. The number of nitrogens with zero attached hydrogens (tertiary/aromatic N) is 2. The first-order valence-electron chi connectivity index (χ1n) is 5.70. The molecule has 0 aromatic carbocycles. The zero-order valence-corrected chi connectivity index (χ0v) is 13.5. The first kappa shape index (κ1) is 15.5. The molecule has 0 unspecified atom stereocenters. The van der Waals surface area contributed by atoms with Crippen LogP contribution in [0.5, 0.6) is 0 Å². The predicted molar refractivity (Wildman–Crippen MR) is 78.4 cm³/mol. The largest absolute Gasteiger partial charge is 0.315 e. The molecule has 1 heterocycles. The number of rotatable bonds is 6. The highest BCUT2D eigenvalue weighted by molar-refractivity contribution is 9.11. The van der Waals surface area contributed by atoms with Gasteiger partial charge in [-0.1, -0.05) is 13.8 Å². The molecule has 0 saturated carbocycles. The van der Waals surface area contributed by atoms with Crippen molar-refractivity contribution in [3.8, 4) is 0 Å². The summed E-state index contributed by atoms with van der Waals surface area (Å²) in [4.78, 5) is 19.8. The van der Waals surface area contributed by atoms with Crippen LogP contribution >= 0.6 is 31.9 Å². The third-order valence-electron chi connectivity index (χ3n) is 2.09. The van der Waals surface area contributed by atoms with Crippen LogP contribution < -0.4 is 10.6 Å². The van der Waals surface area contributed by atoms with Gasteiger partial charge in [0.2, 0.25) is 5.91 Å². The zero-order valence-electron chi connectivity index (χ0n) is 10.3. The van der Waals surface area contributed by atoms with E-state index in [2.05, 4.69) is 66.3 Å². The van der Waals surface area contributed by atoms with Crippen LogP contribution in [0.4, 0.5) is 5.82 Å².